The van der Waals surface area contributed by atoms with Gasteiger partial charge in [0.25, 0.3) is 0 Å². The number of hydrogen-bond acceptors (Lipinski definition) is 1. The smallest absolute Gasteiger partial charge is 0.0770 e. The molecule has 0 saturated carbocycles. The first-order chi connectivity index (χ1) is 13.8. The van der Waals surface area contributed by atoms with Crippen molar-refractivity contribution in [2.45, 2.75) is 72.3 Å². The zero-order chi connectivity index (χ0) is 20.8. The van der Waals surface area contributed by atoms with Crippen molar-refractivity contribution in [1.29, 1.82) is 0 Å². The van der Waals surface area contributed by atoms with E-state index in [0.29, 0.717) is 5.92 Å². The predicted octanol–water partition coefficient (Wildman–Crippen LogP) is 7.44. The third-order valence-electron chi connectivity index (χ3n) is 7.39. The molecule has 1 aliphatic rings. The summed E-state index contributed by atoms with van der Waals surface area (Å²) in [5, 5.41) is 4.95. The van der Waals surface area contributed by atoms with Crippen LogP contribution in [0.4, 0.5) is 0 Å². The zero-order valence-electron chi connectivity index (χ0n) is 18.8. The third kappa shape index (κ3) is 3.23. The maximum absolute atomic E-state index is 4.95. The van der Waals surface area contributed by atoms with E-state index in [9.17, 15) is 0 Å². The molecule has 0 N–H and O–H groups in total. The Morgan fingerprint density at radius 3 is 2.21 bits per heavy atom. The topological polar surface area (TPSA) is 17.8 Å². The van der Waals surface area contributed by atoms with Crippen molar-refractivity contribution in [3.8, 4) is 22.4 Å². The maximum atomic E-state index is 4.95. The molecule has 0 aliphatic heterocycles. The van der Waals surface area contributed by atoms with Crippen molar-refractivity contribution in [2.75, 3.05) is 0 Å². The van der Waals surface area contributed by atoms with Gasteiger partial charge in [-0.2, -0.15) is 5.10 Å². The number of benzene rings is 2. The van der Waals surface area contributed by atoms with E-state index in [2.05, 4.69) is 101 Å². The molecular weight excluding hydrogens is 352 g/mol. The SMILES string of the molecule is CCC(C)(C)C1Cc2ccccc2-c2c(cnn2C(C)(C)CC)-c2ccccc21. The number of nitrogens with zero attached hydrogens (tertiary/aromatic N) is 2. The lowest BCUT2D eigenvalue weighted by Crippen LogP contribution is -2.28. The van der Waals surface area contributed by atoms with E-state index < -0.39 is 0 Å². The highest BCUT2D eigenvalue weighted by molar-refractivity contribution is 5.85. The summed E-state index contributed by atoms with van der Waals surface area (Å²) < 4.78 is 2.27. The second kappa shape index (κ2) is 7.16. The predicted molar refractivity (Wildman–Crippen MR) is 123 cm³/mol. The van der Waals surface area contributed by atoms with Crippen LogP contribution in [0.2, 0.25) is 0 Å². The Labute approximate surface area is 176 Å². The molecule has 0 fully saturated rings. The molecule has 4 rings (SSSR count). The van der Waals surface area contributed by atoms with E-state index in [-0.39, 0.29) is 11.0 Å². The molecule has 1 aliphatic carbocycles. The molecule has 0 bridgehead atoms. The van der Waals surface area contributed by atoms with Gasteiger partial charge in [-0.15, -0.1) is 0 Å². The van der Waals surface area contributed by atoms with Crippen LogP contribution in [-0.2, 0) is 12.0 Å². The first-order valence-electron chi connectivity index (χ1n) is 11.1. The van der Waals surface area contributed by atoms with Crippen LogP contribution in [0.25, 0.3) is 22.4 Å². The first-order valence-corrected chi connectivity index (χ1v) is 11.1. The highest BCUT2D eigenvalue weighted by atomic mass is 15.3. The molecule has 152 valence electrons. The normalized spacial score (nSPS) is 16.4. The molecular formula is C27H34N2. The van der Waals surface area contributed by atoms with Gasteiger partial charge in [-0.1, -0.05) is 82.6 Å². The Balaban J connectivity index is 2.08. The van der Waals surface area contributed by atoms with Gasteiger partial charge in [0, 0.05) is 11.1 Å². The molecule has 0 amide bonds. The van der Waals surface area contributed by atoms with E-state index in [0.717, 1.165) is 19.3 Å². The lowest BCUT2D eigenvalue weighted by Gasteiger charge is -2.37. The molecule has 2 nitrogen and oxygen atoms in total. The minimum atomic E-state index is -0.0308. The molecule has 0 radical (unpaired) electrons. The molecule has 0 saturated heterocycles. The van der Waals surface area contributed by atoms with Crippen LogP contribution in [0.5, 0.6) is 0 Å². The second-order valence-electron chi connectivity index (χ2n) is 9.83. The van der Waals surface area contributed by atoms with Gasteiger partial charge in [-0.25, -0.2) is 0 Å². The second-order valence-corrected chi connectivity index (χ2v) is 9.83. The fraction of sp³-hybridized carbons (Fsp3) is 0.444. The van der Waals surface area contributed by atoms with Crippen LogP contribution in [-0.4, -0.2) is 9.78 Å². The highest BCUT2D eigenvalue weighted by Gasteiger charge is 2.35. The Kier molecular flexibility index (Phi) is 4.93. The van der Waals surface area contributed by atoms with Gasteiger partial charge >= 0.3 is 0 Å². The molecule has 2 aromatic carbocycles. The van der Waals surface area contributed by atoms with Gasteiger partial charge in [0.05, 0.1) is 17.4 Å². The Morgan fingerprint density at radius 1 is 0.862 bits per heavy atom. The lowest BCUT2D eigenvalue weighted by molar-refractivity contribution is 0.271. The van der Waals surface area contributed by atoms with Crippen LogP contribution in [0, 0.1) is 5.41 Å². The summed E-state index contributed by atoms with van der Waals surface area (Å²) in [6.45, 7) is 14.0. The van der Waals surface area contributed by atoms with E-state index in [4.69, 9.17) is 5.10 Å². The molecule has 1 heterocycles. The first kappa shape index (κ1) is 19.9. The fourth-order valence-electron chi connectivity index (χ4n) is 4.66. The van der Waals surface area contributed by atoms with Crippen molar-refractivity contribution in [3.05, 3.63) is 65.9 Å². The molecule has 3 aromatic rings. The average molecular weight is 387 g/mol. The summed E-state index contributed by atoms with van der Waals surface area (Å²) in [7, 11) is 0. The van der Waals surface area contributed by atoms with Gasteiger partial charge in [0.2, 0.25) is 0 Å². The molecule has 1 atom stereocenters. The number of aromatic nitrogens is 2. The minimum absolute atomic E-state index is 0.0308. The van der Waals surface area contributed by atoms with Crippen molar-refractivity contribution in [1.82, 2.24) is 9.78 Å². The van der Waals surface area contributed by atoms with E-state index in [1.54, 1.807) is 0 Å². The van der Waals surface area contributed by atoms with Gasteiger partial charge in [0.1, 0.15) is 0 Å². The fourth-order valence-corrected chi connectivity index (χ4v) is 4.66. The Hall–Kier alpha value is -2.35. The number of rotatable bonds is 4. The minimum Gasteiger partial charge on any atom is -0.259 e. The lowest BCUT2D eigenvalue weighted by atomic mass is 9.67. The molecule has 0 spiro atoms. The summed E-state index contributed by atoms with van der Waals surface area (Å²) in [5.74, 6) is 0.473. The highest BCUT2D eigenvalue weighted by Crippen LogP contribution is 2.49. The van der Waals surface area contributed by atoms with Gasteiger partial charge in [-0.3, -0.25) is 4.68 Å². The Morgan fingerprint density at radius 2 is 1.52 bits per heavy atom. The van der Waals surface area contributed by atoms with Crippen LogP contribution in [0.1, 0.15) is 71.4 Å². The summed E-state index contributed by atoms with van der Waals surface area (Å²) in [6.07, 6.45) is 5.36. The van der Waals surface area contributed by atoms with Crippen molar-refractivity contribution in [3.63, 3.8) is 0 Å². The van der Waals surface area contributed by atoms with Crippen molar-refractivity contribution >= 4 is 0 Å². The average Bonchev–Trinajstić information content (AvgIpc) is 3.16. The van der Waals surface area contributed by atoms with Crippen LogP contribution < -0.4 is 0 Å². The summed E-state index contributed by atoms with van der Waals surface area (Å²) in [6, 6.07) is 18.0. The van der Waals surface area contributed by atoms with Crippen molar-refractivity contribution in [2.24, 2.45) is 5.41 Å². The molecule has 1 aromatic heterocycles. The Bertz CT molecular complexity index is 1020. The van der Waals surface area contributed by atoms with E-state index in [1.807, 2.05) is 0 Å². The van der Waals surface area contributed by atoms with Crippen LogP contribution in [0.15, 0.2) is 54.7 Å². The quantitative estimate of drug-likeness (QED) is 0.455. The molecule has 29 heavy (non-hydrogen) atoms. The van der Waals surface area contributed by atoms with Crippen LogP contribution in [0.3, 0.4) is 0 Å². The van der Waals surface area contributed by atoms with Gasteiger partial charge in [0.15, 0.2) is 0 Å². The van der Waals surface area contributed by atoms with Crippen LogP contribution >= 0.6 is 0 Å². The maximum Gasteiger partial charge on any atom is 0.0770 e. The van der Waals surface area contributed by atoms with E-state index >= 15 is 0 Å². The van der Waals surface area contributed by atoms with Gasteiger partial charge in [-0.05, 0) is 54.7 Å². The molecule has 2 heteroatoms. The molecule has 1 unspecified atom stereocenters. The third-order valence-corrected chi connectivity index (χ3v) is 7.39. The van der Waals surface area contributed by atoms with Gasteiger partial charge < -0.3 is 0 Å². The summed E-state index contributed by atoms with van der Waals surface area (Å²) in [5.41, 5.74) is 8.32. The monoisotopic (exact) mass is 386 g/mol. The number of fused-ring (bicyclic) bond motifs is 5. The standard InChI is InChI=1S/C27H34N2/c1-7-26(3,4)24-17-19-13-9-10-14-20(19)25-23(21-15-11-12-16-22(21)24)18-28-29(25)27(5,6)8-2/h9-16,18,24H,7-8,17H2,1-6H3. The van der Waals surface area contributed by atoms with Crippen molar-refractivity contribution < 1.29 is 0 Å². The zero-order valence-corrected chi connectivity index (χ0v) is 18.8. The van der Waals surface area contributed by atoms with E-state index in [1.165, 1.54) is 33.5 Å². The summed E-state index contributed by atoms with van der Waals surface area (Å²) in [4.78, 5) is 0. The number of hydrogen-bond donors (Lipinski definition) is 0. The summed E-state index contributed by atoms with van der Waals surface area (Å²) >= 11 is 0. The largest absolute Gasteiger partial charge is 0.259 e.